The van der Waals surface area contributed by atoms with Crippen molar-refractivity contribution in [1.29, 1.82) is 0 Å². The van der Waals surface area contributed by atoms with Crippen LogP contribution in [0.2, 0.25) is 0 Å². The molecule has 6 nitrogen and oxygen atoms in total. The summed E-state index contributed by atoms with van der Waals surface area (Å²) in [5.41, 5.74) is 0.455. The number of aryl methyl sites for hydroxylation is 1. The van der Waals surface area contributed by atoms with E-state index in [1.54, 1.807) is 10.9 Å². The number of rotatable bonds is 4. The molecule has 0 saturated carbocycles. The number of nitrogens with one attached hydrogen (secondary N) is 1. The highest BCUT2D eigenvalue weighted by molar-refractivity contribution is 7.88. The summed E-state index contributed by atoms with van der Waals surface area (Å²) >= 11 is 0. The van der Waals surface area contributed by atoms with Crippen LogP contribution in [0.1, 0.15) is 12.6 Å². The summed E-state index contributed by atoms with van der Waals surface area (Å²) < 4.78 is 26.0. The molecule has 0 aromatic carbocycles. The van der Waals surface area contributed by atoms with Gasteiger partial charge in [-0.3, -0.25) is 4.68 Å². The molecule has 0 atom stereocenters. The van der Waals surface area contributed by atoms with Crippen molar-refractivity contribution in [1.82, 2.24) is 19.7 Å². The SMILES string of the molecule is CCn1cc(CS(=O)(=O)NC)nn1. The summed E-state index contributed by atoms with van der Waals surface area (Å²) in [5, 5.41) is 7.44. The Balaban J connectivity index is 2.75. The zero-order valence-corrected chi connectivity index (χ0v) is 8.37. The summed E-state index contributed by atoms with van der Waals surface area (Å²) in [5.74, 6) is -0.122. The van der Waals surface area contributed by atoms with Crippen molar-refractivity contribution in [3.63, 3.8) is 0 Å². The summed E-state index contributed by atoms with van der Waals surface area (Å²) in [6.45, 7) is 2.59. The molecule has 0 radical (unpaired) electrons. The lowest BCUT2D eigenvalue weighted by molar-refractivity contribution is 0.586. The van der Waals surface area contributed by atoms with Crippen LogP contribution in [0, 0.1) is 0 Å². The third kappa shape index (κ3) is 2.78. The molecule has 1 N–H and O–H groups in total. The van der Waals surface area contributed by atoms with Gasteiger partial charge >= 0.3 is 0 Å². The minimum absolute atomic E-state index is 0.122. The molecule has 0 bridgehead atoms. The Morgan fingerprint density at radius 3 is 2.77 bits per heavy atom. The third-order valence-corrected chi connectivity index (χ3v) is 2.86. The van der Waals surface area contributed by atoms with E-state index in [0.29, 0.717) is 12.2 Å². The molecule has 1 aromatic rings. The molecule has 13 heavy (non-hydrogen) atoms. The molecule has 0 saturated heterocycles. The van der Waals surface area contributed by atoms with Crippen LogP contribution >= 0.6 is 0 Å². The average molecular weight is 204 g/mol. The first-order valence-electron chi connectivity index (χ1n) is 3.87. The summed E-state index contributed by atoms with van der Waals surface area (Å²) in [4.78, 5) is 0. The average Bonchev–Trinajstić information content (AvgIpc) is 2.52. The van der Waals surface area contributed by atoms with E-state index in [-0.39, 0.29) is 5.75 Å². The molecule has 0 aliphatic heterocycles. The summed E-state index contributed by atoms with van der Waals surface area (Å²) in [6.07, 6.45) is 1.62. The van der Waals surface area contributed by atoms with Crippen molar-refractivity contribution in [3.05, 3.63) is 11.9 Å². The lowest BCUT2D eigenvalue weighted by Crippen LogP contribution is -2.20. The largest absolute Gasteiger partial charge is 0.253 e. The lowest BCUT2D eigenvalue weighted by Gasteiger charge is -1.96. The predicted octanol–water partition coefficient (Wildman–Crippen LogP) is -0.653. The van der Waals surface area contributed by atoms with Gasteiger partial charge < -0.3 is 0 Å². The smallest absolute Gasteiger partial charge is 0.217 e. The van der Waals surface area contributed by atoms with Crippen LogP contribution in [0.3, 0.4) is 0 Å². The van der Waals surface area contributed by atoms with Crippen LogP contribution in [0.5, 0.6) is 0 Å². The highest BCUT2D eigenvalue weighted by Crippen LogP contribution is 1.98. The monoisotopic (exact) mass is 204 g/mol. The number of hydrogen-bond acceptors (Lipinski definition) is 4. The van der Waals surface area contributed by atoms with Crippen molar-refractivity contribution < 1.29 is 8.42 Å². The van der Waals surface area contributed by atoms with Crippen LogP contribution in [-0.4, -0.2) is 30.5 Å². The van der Waals surface area contributed by atoms with E-state index >= 15 is 0 Å². The Labute approximate surface area is 77.0 Å². The molecule has 1 aromatic heterocycles. The van der Waals surface area contributed by atoms with Crippen LogP contribution in [0.25, 0.3) is 0 Å². The van der Waals surface area contributed by atoms with Gasteiger partial charge in [0, 0.05) is 12.7 Å². The van der Waals surface area contributed by atoms with Gasteiger partial charge in [0.25, 0.3) is 0 Å². The lowest BCUT2D eigenvalue weighted by atomic mass is 10.5. The molecule has 0 fully saturated rings. The Hall–Kier alpha value is -0.950. The van der Waals surface area contributed by atoms with Gasteiger partial charge in [0.1, 0.15) is 5.75 Å². The number of aromatic nitrogens is 3. The zero-order chi connectivity index (χ0) is 9.90. The second-order valence-electron chi connectivity index (χ2n) is 2.53. The van der Waals surface area contributed by atoms with Gasteiger partial charge in [-0.2, -0.15) is 0 Å². The molecular weight excluding hydrogens is 192 g/mol. The standard InChI is InChI=1S/C6H12N4O2S/c1-3-10-4-6(8-9-10)5-13(11,12)7-2/h4,7H,3,5H2,1-2H3. The molecule has 7 heteroatoms. The van der Waals surface area contributed by atoms with Gasteiger partial charge in [-0.05, 0) is 14.0 Å². The maximum atomic E-state index is 11.1. The Bertz CT molecular complexity index is 370. The first kappa shape index (κ1) is 10.1. The molecule has 1 rings (SSSR count). The van der Waals surface area contributed by atoms with Crippen molar-refractivity contribution in [2.24, 2.45) is 0 Å². The number of sulfonamides is 1. The van der Waals surface area contributed by atoms with Gasteiger partial charge in [0.15, 0.2) is 0 Å². The van der Waals surface area contributed by atoms with Crippen LogP contribution in [-0.2, 0) is 22.3 Å². The second-order valence-corrected chi connectivity index (χ2v) is 4.46. The van der Waals surface area contributed by atoms with Gasteiger partial charge in [-0.1, -0.05) is 5.21 Å². The fourth-order valence-corrected chi connectivity index (χ4v) is 1.49. The van der Waals surface area contributed by atoms with E-state index in [0.717, 1.165) is 0 Å². The molecule has 0 unspecified atom stereocenters. The fraction of sp³-hybridized carbons (Fsp3) is 0.667. The van der Waals surface area contributed by atoms with Crippen molar-refractivity contribution in [2.75, 3.05) is 7.05 Å². The van der Waals surface area contributed by atoms with Gasteiger partial charge in [-0.25, -0.2) is 13.1 Å². The maximum Gasteiger partial charge on any atom is 0.217 e. The van der Waals surface area contributed by atoms with Crippen LogP contribution in [0.15, 0.2) is 6.20 Å². The Morgan fingerprint density at radius 2 is 2.31 bits per heavy atom. The first-order valence-corrected chi connectivity index (χ1v) is 5.53. The van der Waals surface area contributed by atoms with E-state index < -0.39 is 10.0 Å². The maximum absolute atomic E-state index is 11.1. The number of nitrogens with zero attached hydrogens (tertiary/aromatic N) is 3. The molecular formula is C6H12N4O2S. The molecule has 1 heterocycles. The molecule has 74 valence electrons. The van der Waals surface area contributed by atoms with E-state index in [1.807, 2.05) is 6.92 Å². The molecule has 0 aliphatic carbocycles. The van der Waals surface area contributed by atoms with E-state index in [4.69, 9.17) is 0 Å². The predicted molar refractivity (Wildman–Crippen MR) is 47.4 cm³/mol. The summed E-state index contributed by atoms with van der Waals surface area (Å²) in [6, 6.07) is 0. The van der Waals surface area contributed by atoms with Crippen molar-refractivity contribution >= 4 is 10.0 Å². The Morgan fingerprint density at radius 1 is 1.62 bits per heavy atom. The van der Waals surface area contributed by atoms with Gasteiger partial charge in [0.05, 0.1) is 5.69 Å². The van der Waals surface area contributed by atoms with E-state index in [2.05, 4.69) is 15.0 Å². The van der Waals surface area contributed by atoms with Gasteiger partial charge in [0.2, 0.25) is 10.0 Å². The van der Waals surface area contributed by atoms with Crippen LogP contribution < -0.4 is 4.72 Å². The minimum Gasteiger partial charge on any atom is -0.253 e. The van der Waals surface area contributed by atoms with Gasteiger partial charge in [-0.15, -0.1) is 5.10 Å². The highest BCUT2D eigenvalue weighted by Gasteiger charge is 2.11. The molecule has 0 aliphatic rings. The van der Waals surface area contributed by atoms with E-state index in [9.17, 15) is 8.42 Å². The topological polar surface area (TPSA) is 76.9 Å². The minimum atomic E-state index is -3.23. The molecule has 0 spiro atoms. The van der Waals surface area contributed by atoms with E-state index in [1.165, 1.54) is 7.05 Å². The Kier molecular flexibility index (Phi) is 2.99. The summed E-state index contributed by atoms with van der Waals surface area (Å²) in [7, 11) is -1.86. The van der Waals surface area contributed by atoms with Crippen molar-refractivity contribution in [2.45, 2.75) is 19.2 Å². The highest BCUT2D eigenvalue weighted by atomic mass is 32.2. The quantitative estimate of drug-likeness (QED) is 0.707. The third-order valence-electron chi connectivity index (χ3n) is 1.56. The number of hydrogen-bond donors (Lipinski definition) is 1. The van der Waals surface area contributed by atoms with Crippen molar-refractivity contribution in [3.8, 4) is 0 Å². The normalized spacial score (nSPS) is 11.8. The fourth-order valence-electron chi connectivity index (χ4n) is 0.826. The first-order chi connectivity index (χ1) is 6.07. The second kappa shape index (κ2) is 3.84. The molecule has 0 amide bonds. The van der Waals surface area contributed by atoms with Crippen LogP contribution in [0.4, 0.5) is 0 Å². The zero-order valence-electron chi connectivity index (χ0n) is 7.56.